The average Bonchev–Trinajstić information content (AvgIpc) is 3.64. The minimum absolute atomic E-state index is 0.742. The van der Waals surface area contributed by atoms with Gasteiger partial charge in [-0.15, -0.1) is 0 Å². The van der Waals surface area contributed by atoms with Crippen molar-refractivity contribution in [1.29, 1.82) is 0 Å². The quantitative estimate of drug-likeness (QED) is 0.121. The number of hydrogen-bond acceptors (Lipinski definition) is 1. The van der Waals surface area contributed by atoms with Crippen LogP contribution in [-0.2, 0) is 4.79 Å². The highest BCUT2D eigenvalue weighted by atomic mass is 16.1. The first-order chi connectivity index (χ1) is 29.7. The van der Waals surface area contributed by atoms with Gasteiger partial charge in [-0.05, 0) is 120 Å². The van der Waals surface area contributed by atoms with E-state index in [0.29, 0.717) is 0 Å². The Balaban J connectivity index is 1.15. The number of nitrogens with one attached hydrogen (secondary N) is 1. The molecule has 0 unspecified atom stereocenters. The highest BCUT2D eigenvalue weighted by Crippen LogP contribution is 2.46. The Kier molecular flexibility index (Phi) is 8.64. The normalized spacial score (nSPS) is 11.4. The second-order valence-corrected chi connectivity index (χ2v) is 15.3. The molecule has 0 atom stereocenters. The van der Waals surface area contributed by atoms with Crippen LogP contribution in [0.1, 0.15) is 0 Å². The van der Waals surface area contributed by atoms with Gasteiger partial charge in [0.05, 0.1) is 11.0 Å². The van der Waals surface area contributed by atoms with Gasteiger partial charge >= 0.3 is 0 Å². The predicted molar refractivity (Wildman–Crippen MR) is 253 cm³/mol. The van der Waals surface area contributed by atoms with E-state index in [-0.39, 0.29) is 0 Å². The molecule has 1 heterocycles. The van der Waals surface area contributed by atoms with Crippen LogP contribution in [0.2, 0.25) is 0 Å². The molecule has 1 N–H and O–H groups in total. The third-order valence-corrected chi connectivity index (χ3v) is 11.9. The van der Waals surface area contributed by atoms with Gasteiger partial charge in [0.25, 0.3) is 0 Å². The maximum absolute atomic E-state index is 11.6. The first-order valence-electron chi connectivity index (χ1n) is 20.4. The summed E-state index contributed by atoms with van der Waals surface area (Å²) in [6, 6.07) is 78.3. The molecule has 60 heavy (non-hydrogen) atoms. The van der Waals surface area contributed by atoms with E-state index < -0.39 is 0 Å². The van der Waals surface area contributed by atoms with Crippen molar-refractivity contribution < 1.29 is 4.79 Å². The SMILES string of the molecule is O=CNc1ccccc1-c1ccccc1-c1ccc2c(c1)c1cc(-c3ccc4c(-c5ccccc5)c5ccccc5c(-c5ccccc5)c4c3)ccc1n2-c1ccccc1. The van der Waals surface area contributed by atoms with Crippen LogP contribution in [-0.4, -0.2) is 11.0 Å². The lowest BCUT2D eigenvalue weighted by Crippen LogP contribution is -1.97. The van der Waals surface area contributed by atoms with E-state index in [0.717, 1.165) is 62.2 Å². The molecule has 282 valence electrons. The largest absolute Gasteiger partial charge is 0.328 e. The second kappa shape index (κ2) is 14.7. The standard InChI is InChI=1S/C57H38N2O/c60-37-58-53-27-15-14-24-46(53)45-23-11-10-22-44(45)42-30-33-55-51(36-42)50-34-41(29-32-54(50)59(55)43-20-8-3-9-21-43)40-28-31-49-52(35-40)57(39-18-6-2-7-19-39)48-26-13-12-25-47(48)56(49)38-16-4-1-5-17-38/h1-37H,(H,58,60). The smallest absolute Gasteiger partial charge is 0.211 e. The number of rotatable bonds is 8. The van der Waals surface area contributed by atoms with E-state index in [4.69, 9.17) is 0 Å². The van der Waals surface area contributed by atoms with E-state index in [1.54, 1.807) is 0 Å². The summed E-state index contributed by atoms with van der Waals surface area (Å²) in [6.45, 7) is 0. The first kappa shape index (κ1) is 35.2. The fraction of sp³-hybridized carbons (Fsp3) is 0. The molecule has 11 rings (SSSR count). The molecule has 1 aromatic heterocycles. The Morgan fingerprint density at radius 2 is 0.783 bits per heavy atom. The molecular weight excluding hydrogens is 729 g/mol. The Morgan fingerprint density at radius 1 is 0.333 bits per heavy atom. The van der Waals surface area contributed by atoms with Crippen LogP contribution in [0.3, 0.4) is 0 Å². The Hall–Kier alpha value is -8.01. The van der Waals surface area contributed by atoms with Crippen LogP contribution in [0.15, 0.2) is 218 Å². The van der Waals surface area contributed by atoms with Crippen LogP contribution in [0, 0.1) is 0 Å². The van der Waals surface area contributed by atoms with Crippen LogP contribution in [0.25, 0.3) is 105 Å². The number of fused-ring (bicyclic) bond motifs is 5. The van der Waals surface area contributed by atoms with Crippen molar-refractivity contribution in [1.82, 2.24) is 4.57 Å². The molecular formula is C57H38N2O. The minimum atomic E-state index is 0.742. The fourth-order valence-corrected chi connectivity index (χ4v) is 9.29. The number of anilines is 1. The van der Waals surface area contributed by atoms with Crippen molar-refractivity contribution >= 4 is 55.4 Å². The Bertz CT molecular complexity index is 3400. The molecule has 0 aliphatic carbocycles. The second-order valence-electron chi connectivity index (χ2n) is 15.3. The molecule has 0 spiro atoms. The Morgan fingerprint density at radius 3 is 1.42 bits per heavy atom. The monoisotopic (exact) mass is 766 g/mol. The van der Waals surface area contributed by atoms with Gasteiger partial charge in [-0.3, -0.25) is 4.79 Å². The van der Waals surface area contributed by atoms with Crippen molar-refractivity contribution in [2.45, 2.75) is 0 Å². The van der Waals surface area contributed by atoms with Gasteiger partial charge in [-0.1, -0.05) is 170 Å². The number of nitrogens with zero attached hydrogens (tertiary/aromatic N) is 1. The van der Waals surface area contributed by atoms with Crippen LogP contribution in [0.5, 0.6) is 0 Å². The zero-order valence-corrected chi connectivity index (χ0v) is 32.7. The number of benzene rings is 10. The number of aromatic nitrogens is 1. The first-order valence-corrected chi connectivity index (χ1v) is 20.4. The minimum Gasteiger partial charge on any atom is -0.328 e. The molecule has 3 heteroatoms. The number of carbonyl (C=O) groups is 1. The lowest BCUT2D eigenvalue weighted by Gasteiger charge is -2.18. The third kappa shape index (κ3) is 5.87. The molecule has 0 aliphatic heterocycles. The lowest BCUT2D eigenvalue weighted by molar-refractivity contribution is -0.105. The molecule has 0 bridgehead atoms. The van der Waals surface area contributed by atoms with E-state index in [9.17, 15) is 4.79 Å². The van der Waals surface area contributed by atoms with E-state index in [2.05, 4.69) is 210 Å². The topological polar surface area (TPSA) is 34.0 Å². The zero-order chi connectivity index (χ0) is 40.0. The molecule has 3 nitrogen and oxygen atoms in total. The summed E-state index contributed by atoms with van der Waals surface area (Å²) in [5.41, 5.74) is 15.7. The van der Waals surface area contributed by atoms with Crippen LogP contribution >= 0.6 is 0 Å². The summed E-state index contributed by atoms with van der Waals surface area (Å²) in [5.74, 6) is 0. The number of para-hydroxylation sites is 2. The van der Waals surface area contributed by atoms with E-state index >= 15 is 0 Å². The molecule has 1 amide bonds. The summed E-state index contributed by atoms with van der Waals surface area (Å²) < 4.78 is 2.37. The van der Waals surface area contributed by atoms with Gasteiger partial charge in [0, 0.05) is 27.7 Å². The summed E-state index contributed by atoms with van der Waals surface area (Å²) in [5, 5.41) is 10.2. The Labute approximate surface area is 348 Å². The van der Waals surface area contributed by atoms with E-state index in [1.165, 1.54) is 54.6 Å². The summed E-state index contributed by atoms with van der Waals surface area (Å²) in [6.07, 6.45) is 0.742. The molecule has 0 saturated carbocycles. The third-order valence-electron chi connectivity index (χ3n) is 11.9. The van der Waals surface area contributed by atoms with Crippen molar-refractivity contribution in [2.24, 2.45) is 0 Å². The lowest BCUT2D eigenvalue weighted by atomic mass is 9.85. The molecule has 0 aliphatic rings. The average molecular weight is 767 g/mol. The van der Waals surface area contributed by atoms with Gasteiger partial charge in [0.2, 0.25) is 6.41 Å². The number of amides is 1. The number of hydrogen-bond donors (Lipinski definition) is 1. The molecule has 0 saturated heterocycles. The van der Waals surface area contributed by atoms with Gasteiger partial charge in [-0.2, -0.15) is 0 Å². The fourth-order valence-electron chi connectivity index (χ4n) is 9.29. The van der Waals surface area contributed by atoms with Crippen LogP contribution < -0.4 is 5.32 Å². The van der Waals surface area contributed by atoms with Gasteiger partial charge in [0.1, 0.15) is 0 Å². The van der Waals surface area contributed by atoms with Crippen molar-refractivity contribution in [2.75, 3.05) is 5.32 Å². The van der Waals surface area contributed by atoms with Gasteiger partial charge in [0.15, 0.2) is 0 Å². The predicted octanol–water partition coefficient (Wildman–Crippen LogP) is 15.0. The van der Waals surface area contributed by atoms with Crippen molar-refractivity contribution in [3.8, 4) is 61.3 Å². The molecule has 11 aromatic rings. The maximum Gasteiger partial charge on any atom is 0.211 e. The van der Waals surface area contributed by atoms with Crippen LogP contribution in [0.4, 0.5) is 5.69 Å². The van der Waals surface area contributed by atoms with Gasteiger partial charge in [-0.25, -0.2) is 0 Å². The maximum atomic E-state index is 11.6. The summed E-state index contributed by atoms with van der Waals surface area (Å²) in [4.78, 5) is 11.6. The molecule has 10 aromatic carbocycles. The zero-order valence-electron chi connectivity index (χ0n) is 32.7. The van der Waals surface area contributed by atoms with Crippen molar-refractivity contribution in [3.05, 3.63) is 218 Å². The highest BCUT2D eigenvalue weighted by molar-refractivity contribution is 6.22. The summed E-state index contributed by atoms with van der Waals surface area (Å²) >= 11 is 0. The van der Waals surface area contributed by atoms with Crippen molar-refractivity contribution in [3.63, 3.8) is 0 Å². The van der Waals surface area contributed by atoms with E-state index in [1.807, 2.05) is 18.2 Å². The van der Waals surface area contributed by atoms with Gasteiger partial charge < -0.3 is 9.88 Å². The molecule has 0 radical (unpaired) electrons. The highest BCUT2D eigenvalue weighted by Gasteiger charge is 2.20. The molecule has 0 fully saturated rings. The number of carbonyl (C=O) groups excluding carboxylic acids is 1. The summed E-state index contributed by atoms with van der Waals surface area (Å²) in [7, 11) is 0.